The molecule has 61 heavy (non-hydrogen) atoms. The second-order valence-electron chi connectivity index (χ2n) is 14.0. The van der Waals surface area contributed by atoms with Crippen molar-refractivity contribution in [2.75, 3.05) is 0 Å². The van der Waals surface area contributed by atoms with E-state index in [2.05, 4.69) is 66.3 Å². The van der Waals surface area contributed by atoms with Crippen molar-refractivity contribution >= 4 is 65.7 Å². The van der Waals surface area contributed by atoms with Crippen LogP contribution in [-0.2, 0) is 19.5 Å². The minimum atomic E-state index is 0. The van der Waals surface area contributed by atoms with Crippen LogP contribution in [0.25, 0.3) is 111 Å². The van der Waals surface area contributed by atoms with Crippen LogP contribution in [0, 0.1) is 0 Å². The number of pyridine rings is 6. The number of fused-ring (bicyclic) bond motifs is 11. The van der Waals surface area contributed by atoms with E-state index >= 15 is 0 Å². The first-order valence-electron chi connectivity index (χ1n) is 19.4. The summed E-state index contributed by atoms with van der Waals surface area (Å²) >= 11 is 0. The second kappa shape index (κ2) is 16.1. The molecule has 0 aliphatic heterocycles. The van der Waals surface area contributed by atoms with Gasteiger partial charge in [-0.15, -0.1) is 0 Å². The zero-order valence-corrected chi connectivity index (χ0v) is 33.9. The van der Waals surface area contributed by atoms with Gasteiger partial charge in [-0.3, -0.25) is 29.9 Å². The molecule has 0 unspecified atom stereocenters. The molecular formula is C50H30N10Ru+2. The molecule has 0 saturated heterocycles. The molecule has 1 aliphatic carbocycles. The fourth-order valence-electron chi connectivity index (χ4n) is 7.72. The predicted octanol–water partition coefficient (Wildman–Crippen LogP) is 10.9. The molecule has 0 fully saturated rings. The van der Waals surface area contributed by atoms with Crippen molar-refractivity contribution < 1.29 is 19.5 Å². The van der Waals surface area contributed by atoms with Gasteiger partial charge < -0.3 is 0 Å². The van der Waals surface area contributed by atoms with Crippen LogP contribution in [0.15, 0.2) is 183 Å². The second-order valence-corrected chi connectivity index (χ2v) is 14.0. The summed E-state index contributed by atoms with van der Waals surface area (Å²) in [5, 5.41) is 4.30. The van der Waals surface area contributed by atoms with Crippen molar-refractivity contribution in [2.45, 2.75) is 0 Å². The van der Waals surface area contributed by atoms with Gasteiger partial charge in [-0.05, 0) is 90.3 Å². The molecule has 4 aromatic carbocycles. The molecule has 10 nitrogen and oxygen atoms in total. The summed E-state index contributed by atoms with van der Waals surface area (Å²) in [6, 6.07) is 47.8. The van der Waals surface area contributed by atoms with Crippen molar-refractivity contribution in [1.82, 2.24) is 49.8 Å². The van der Waals surface area contributed by atoms with Crippen LogP contribution in [0.1, 0.15) is 0 Å². The fraction of sp³-hybridized carbons (Fsp3) is 0. The molecule has 13 rings (SSSR count). The third-order valence-corrected chi connectivity index (χ3v) is 10.4. The number of hydrogen-bond acceptors (Lipinski definition) is 10. The first kappa shape index (κ1) is 37.4. The monoisotopic (exact) mass is 872 g/mol. The van der Waals surface area contributed by atoms with Crippen molar-refractivity contribution in [3.63, 3.8) is 0 Å². The van der Waals surface area contributed by atoms with E-state index in [1.807, 2.05) is 109 Å². The Morgan fingerprint density at radius 1 is 0.295 bits per heavy atom. The molecule has 0 N–H and O–H groups in total. The summed E-state index contributed by atoms with van der Waals surface area (Å²) in [5.74, 6) is 0. The maximum atomic E-state index is 5.09. The van der Waals surface area contributed by atoms with Gasteiger partial charge in [0.2, 0.25) is 0 Å². The summed E-state index contributed by atoms with van der Waals surface area (Å²) in [7, 11) is 0. The van der Waals surface area contributed by atoms with Gasteiger partial charge in [0.25, 0.3) is 0 Å². The van der Waals surface area contributed by atoms with Gasteiger partial charge in [0.05, 0.1) is 78.3 Å². The Labute approximate surface area is 361 Å². The number of hydrogen-bond donors (Lipinski definition) is 0. The van der Waals surface area contributed by atoms with Crippen LogP contribution < -0.4 is 0 Å². The first-order chi connectivity index (χ1) is 29.8. The molecule has 0 amide bonds. The van der Waals surface area contributed by atoms with E-state index in [0.717, 1.165) is 100 Å². The van der Waals surface area contributed by atoms with Crippen LogP contribution in [-0.4, -0.2) is 49.8 Å². The summed E-state index contributed by atoms with van der Waals surface area (Å²) in [4.78, 5) is 46.3. The van der Waals surface area contributed by atoms with Crippen LogP contribution in [0.4, 0.5) is 0 Å². The quantitative estimate of drug-likeness (QED) is 0.0940. The van der Waals surface area contributed by atoms with E-state index < -0.39 is 0 Å². The molecule has 286 valence electrons. The minimum absolute atomic E-state index is 0. The third kappa shape index (κ3) is 6.86. The Bertz CT molecular complexity index is 3240. The van der Waals surface area contributed by atoms with E-state index in [-0.39, 0.29) is 19.5 Å². The van der Waals surface area contributed by atoms with Gasteiger partial charge in [-0.25, -0.2) is 19.9 Å². The van der Waals surface area contributed by atoms with Crippen molar-refractivity contribution in [1.29, 1.82) is 0 Å². The maximum Gasteiger partial charge on any atom is 2.00 e. The van der Waals surface area contributed by atoms with E-state index in [1.54, 1.807) is 37.2 Å². The molecule has 0 radical (unpaired) electrons. The first-order valence-corrected chi connectivity index (χ1v) is 19.4. The zero-order valence-electron chi connectivity index (χ0n) is 32.1. The van der Waals surface area contributed by atoms with Crippen molar-refractivity contribution in [3.8, 4) is 45.3 Å². The predicted molar refractivity (Wildman–Crippen MR) is 238 cm³/mol. The van der Waals surface area contributed by atoms with Crippen molar-refractivity contribution in [3.05, 3.63) is 183 Å². The van der Waals surface area contributed by atoms with E-state index in [1.165, 1.54) is 10.8 Å². The largest absolute Gasteiger partial charge is 2.00 e. The normalized spacial score (nSPS) is 11.1. The molecule has 1 aliphatic rings. The average molecular weight is 872 g/mol. The number of nitrogens with zero attached hydrogens (tertiary/aromatic N) is 10. The molecule has 8 aromatic heterocycles. The molecule has 8 heterocycles. The van der Waals surface area contributed by atoms with Gasteiger partial charge in [-0.2, -0.15) is 0 Å². The van der Waals surface area contributed by atoms with Crippen LogP contribution >= 0.6 is 0 Å². The van der Waals surface area contributed by atoms with Crippen LogP contribution in [0.2, 0.25) is 0 Å². The Morgan fingerprint density at radius 3 is 1.05 bits per heavy atom. The van der Waals surface area contributed by atoms with E-state index in [0.29, 0.717) is 0 Å². The topological polar surface area (TPSA) is 129 Å². The summed E-state index contributed by atoms with van der Waals surface area (Å²) in [6.07, 6.45) is 10.7. The SMILES string of the molecule is [Ru+2].c1cc2c3c(cccc3c1)-c1nc3cc4nc5c6cccnc6c6ncccc6c5nc4cc3nc1-2.c1ccc(-c2ccccn2)nc1.c1ccc(-c2ccccn2)nc1. The van der Waals surface area contributed by atoms with Crippen LogP contribution in [0.3, 0.4) is 0 Å². The summed E-state index contributed by atoms with van der Waals surface area (Å²) in [5.41, 5.74) is 14.3. The molecule has 12 aromatic rings. The molecule has 0 saturated carbocycles. The Hall–Kier alpha value is -7.88. The van der Waals surface area contributed by atoms with Gasteiger partial charge in [-0.1, -0.05) is 60.7 Å². The molecule has 11 heteroatoms. The van der Waals surface area contributed by atoms with Crippen LogP contribution in [0.5, 0.6) is 0 Å². The summed E-state index contributed by atoms with van der Waals surface area (Å²) in [6.45, 7) is 0. The smallest absolute Gasteiger partial charge is 0.255 e. The number of rotatable bonds is 2. The molecule has 0 atom stereocenters. The van der Waals surface area contributed by atoms with E-state index in [9.17, 15) is 0 Å². The van der Waals surface area contributed by atoms with Crippen molar-refractivity contribution in [2.24, 2.45) is 0 Å². The Kier molecular flexibility index (Phi) is 9.84. The standard InChI is InChI=1S/C30H14N6.2C10H8N2.Ru/c1-5-15-6-2-8-17-24(15)16(7-1)27-28(17)34-21-14-23-22(13-20(21)33-27)35-29-18-9-3-11-31-25(18)26-19(30(29)36-23)10-4-12-32-26;2*1-3-7-11-9(5-1)10-6-2-4-8-12-10;/h1-14H;2*1-8H;/q;;;+2. The van der Waals surface area contributed by atoms with E-state index in [4.69, 9.17) is 19.9 Å². The zero-order chi connectivity index (χ0) is 39.8. The van der Waals surface area contributed by atoms with Gasteiger partial charge in [0, 0.05) is 64.5 Å². The van der Waals surface area contributed by atoms with Gasteiger partial charge >= 0.3 is 19.5 Å². The summed E-state index contributed by atoms with van der Waals surface area (Å²) < 4.78 is 0. The average Bonchev–Trinajstić information content (AvgIpc) is 3.64. The number of aromatic nitrogens is 10. The minimum Gasteiger partial charge on any atom is -0.255 e. The third-order valence-electron chi connectivity index (χ3n) is 10.4. The molecule has 0 bridgehead atoms. The Balaban J connectivity index is 0.000000146. The maximum absolute atomic E-state index is 5.09. The molecular weight excluding hydrogens is 842 g/mol. The molecule has 0 spiro atoms. The number of benzene rings is 4. The Morgan fingerprint density at radius 2 is 0.672 bits per heavy atom. The van der Waals surface area contributed by atoms with Gasteiger partial charge in [0.15, 0.2) is 0 Å². The fourth-order valence-corrected chi connectivity index (χ4v) is 7.72. The van der Waals surface area contributed by atoms with Gasteiger partial charge in [0.1, 0.15) is 0 Å².